The fraction of sp³-hybridized carbons (Fsp3) is 0.444. The average molecular weight is 365 g/mol. The molecule has 0 aromatic heterocycles. The maximum Gasteiger partial charge on any atom is 0.513 e. The van der Waals surface area contributed by atoms with Crippen LogP contribution in [0.1, 0.15) is 25.3 Å². The van der Waals surface area contributed by atoms with Crippen LogP contribution in [-0.4, -0.2) is 49.6 Å². The molecule has 1 spiro atoms. The van der Waals surface area contributed by atoms with E-state index in [0.717, 1.165) is 0 Å². The van der Waals surface area contributed by atoms with Crippen molar-refractivity contribution >= 4 is 17.7 Å². The van der Waals surface area contributed by atoms with Crippen LogP contribution < -0.4 is 0 Å². The van der Waals surface area contributed by atoms with Gasteiger partial charge < -0.3 is 19.0 Å². The van der Waals surface area contributed by atoms with Crippen LogP contribution in [0.3, 0.4) is 0 Å². The van der Waals surface area contributed by atoms with Crippen LogP contribution in [0.15, 0.2) is 30.0 Å². The van der Waals surface area contributed by atoms with E-state index in [1.165, 1.54) is 24.3 Å². The average Bonchev–Trinajstić information content (AvgIpc) is 2.88. The number of piperidine rings is 1. The summed E-state index contributed by atoms with van der Waals surface area (Å²) in [5, 5.41) is 1.73. The van der Waals surface area contributed by atoms with Crippen LogP contribution in [-0.2, 0) is 23.8 Å². The van der Waals surface area contributed by atoms with Gasteiger partial charge in [0, 0.05) is 25.9 Å². The molecular formula is C18H20FNO6. The summed E-state index contributed by atoms with van der Waals surface area (Å²) in [7, 11) is 1.56. The van der Waals surface area contributed by atoms with Gasteiger partial charge in [-0.05, 0) is 24.6 Å². The second-order valence-corrected chi connectivity index (χ2v) is 5.99. The summed E-state index contributed by atoms with van der Waals surface area (Å²) in [4.78, 5) is 29.7. The summed E-state index contributed by atoms with van der Waals surface area (Å²) >= 11 is 0. The number of halogens is 1. The molecule has 0 radical (unpaired) electrons. The Bertz CT molecular complexity index is 722. The van der Waals surface area contributed by atoms with Gasteiger partial charge in [-0.2, -0.15) is 5.06 Å². The number of rotatable bonds is 4. The summed E-state index contributed by atoms with van der Waals surface area (Å²) in [6.07, 6.45) is -0.119. The van der Waals surface area contributed by atoms with Gasteiger partial charge in [0.2, 0.25) is 0 Å². The summed E-state index contributed by atoms with van der Waals surface area (Å²) < 4.78 is 29.2. The van der Waals surface area contributed by atoms with Gasteiger partial charge in [0.1, 0.15) is 11.4 Å². The zero-order chi connectivity index (χ0) is 18.7. The molecule has 1 aromatic carbocycles. The van der Waals surface area contributed by atoms with Gasteiger partial charge in [0.25, 0.3) is 0 Å². The molecular weight excluding hydrogens is 345 g/mol. The standard InChI is InChI=1S/C18H20FNO6/c1-3-24-17(22)25-15-14(12-4-6-13(19)7-5-12)16(21)26-18(15)8-10-20(23-2)11-9-18/h4-7H,3,8-11H2,1-2H3. The van der Waals surface area contributed by atoms with Crippen molar-refractivity contribution in [3.05, 3.63) is 41.4 Å². The number of esters is 1. The molecule has 7 nitrogen and oxygen atoms in total. The third-order valence-electron chi connectivity index (χ3n) is 4.50. The van der Waals surface area contributed by atoms with Gasteiger partial charge in [-0.25, -0.2) is 14.0 Å². The Kier molecular flexibility index (Phi) is 5.24. The van der Waals surface area contributed by atoms with E-state index in [-0.39, 0.29) is 17.9 Å². The Morgan fingerprint density at radius 1 is 1.27 bits per heavy atom. The molecule has 140 valence electrons. The van der Waals surface area contributed by atoms with E-state index in [4.69, 9.17) is 19.0 Å². The molecule has 1 aromatic rings. The van der Waals surface area contributed by atoms with Crippen LogP contribution in [0.2, 0.25) is 0 Å². The highest BCUT2D eigenvalue weighted by Gasteiger charge is 2.52. The van der Waals surface area contributed by atoms with Crippen molar-refractivity contribution in [1.82, 2.24) is 5.06 Å². The maximum atomic E-state index is 13.3. The minimum Gasteiger partial charge on any atom is -0.447 e. The minimum atomic E-state index is -1.07. The summed E-state index contributed by atoms with van der Waals surface area (Å²) in [5.41, 5.74) is -0.534. The molecule has 0 saturated carbocycles. The number of ether oxygens (including phenoxy) is 3. The largest absolute Gasteiger partial charge is 0.513 e. The van der Waals surface area contributed by atoms with Crippen molar-refractivity contribution in [2.45, 2.75) is 25.4 Å². The third kappa shape index (κ3) is 3.42. The predicted octanol–water partition coefficient (Wildman–Crippen LogP) is 2.66. The lowest BCUT2D eigenvalue weighted by Gasteiger charge is -2.37. The lowest BCUT2D eigenvalue weighted by molar-refractivity contribution is -0.183. The first-order chi connectivity index (χ1) is 12.5. The highest BCUT2D eigenvalue weighted by atomic mass is 19.1. The number of carbonyl (C=O) groups is 2. The number of nitrogens with zero attached hydrogens (tertiary/aromatic N) is 1. The van der Waals surface area contributed by atoms with E-state index in [1.807, 2.05) is 0 Å². The lowest BCUT2D eigenvalue weighted by Crippen LogP contribution is -2.46. The van der Waals surface area contributed by atoms with Gasteiger partial charge >= 0.3 is 12.1 Å². The minimum absolute atomic E-state index is 0.114. The third-order valence-corrected chi connectivity index (χ3v) is 4.50. The molecule has 26 heavy (non-hydrogen) atoms. The highest BCUT2D eigenvalue weighted by molar-refractivity contribution is 6.20. The first-order valence-electron chi connectivity index (χ1n) is 8.37. The van der Waals surface area contributed by atoms with Crippen molar-refractivity contribution in [2.75, 3.05) is 26.8 Å². The highest BCUT2D eigenvalue weighted by Crippen LogP contribution is 2.45. The van der Waals surface area contributed by atoms with E-state index in [0.29, 0.717) is 31.5 Å². The molecule has 0 N–H and O–H groups in total. The van der Waals surface area contributed by atoms with E-state index in [2.05, 4.69) is 0 Å². The smallest absolute Gasteiger partial charge is 0.447 e. The quantitative estimate of drug-likeness (QED) is 0.760. The number of hydrogen-bond donors (Lipinski definition) is 0. The van der Waals surface area contributed by atoms with Crippen molar-refractivity contribution in [1.29, 1.82) is 0 Å². The number of benzene rings is 1. The van der Waals surface area contributed by atoms with Gasteiger partial charge in [0.15, 0.2) is 11.4 Å². The van der Waals surface area contributed by atoms with Crippen LogP contribution in [0.5, 0.6) is 0 Å². The van der Waals surface area contributed by atoms with Gasteiger partial charge in [-0.3, -0.25) is 0 Å². The monoisotopic (exact) mass is 365 g/mol. The Morgan fingerprint density at radius 3 is 2.50 bits per heavy atom. The molecule has 0 amide bonds. The maximum absolute atomic E-state index is 13.3. The summed E-state index contributed by atoms with van der Waals surface area (Å²) in [6, 6.07) is 5.36. The van der Waals surface area contributed by atoms with Crippen molar-refractivity contribution < 1.29 is 33.0 Å². The molecule has 3 rings (SSSR count). The second kappa shape index (κ2) is 7.43. The Balaban J connectivity index is 2.01. The van der Waals surface area contributed by atoms with Gasteiger partial charge in [-0.1, -0.05) is 12.1 Å². The van der Waals surface area contributed by atoms with Crippen molar-refractivity contribution in [3.8, 4) is 0 Å². The van der Waals surface area contributed by atoms with Crippen molar-refractivity contribution in [2.24, 2.45) is 0 Å². The zero-order valence-corrected chi connectivity index (χ0v) is 14.6. The molecule has 0 bridgehead atoms. The first-order valence-corrected chi connectivity index (χ1v) is 8.37. The number of hydroxylamine groups is 2. The summed E-state index contributed by atoms with van der Waals surface area (Å²) in [6.45, 7) is 2.78. The molecule has 1 fully saturated rings. The normalized spacial score (nSPS) is 19.6. The molecule has 0 atom stereocenters. The van der Waals surface area contributed by atoms with E-state index in [9.17, 15) is 14.0 Å². The molecule has 2 aliphatic heterocycles. The molecule has 2 aliphatic rings. The second-order valence-electron chi connectivity index (χ2n) is 5.99. The SMILES string of the molecule is CCOC(=O)OC1=C(c2ccc(F)cc2)C(=O)OC12CCN(OC)CC2. The van der Waals surface area contributed by atoms with E-state index < -0.39 is 23.5 Å². The van der Waals surface area contributed by atoms with Gasteiger partial charge in [0.05, 0.1) is 13.7 Å². The Morgan fingerprint density at radius 2 is 1.92 bits per heavy atom. The topological polar surface area (TPSA) is 74.3 Å². The van der Waals surface area contributed by atoms with E-state index >= 15 is 0 Å². The van der Waals surface area contributed by atoms with E-state index in [1.54, 1.807) is 19.1 Å². The zero-order valence-electron chi connectivity index (χ0n) is 14.6. The molecule has 2 heterocycles. The van der Waals surface area contributed by atoms with Crippen LogP contribution in [0, 0.1) is 5.82 Å². The molecule has 0 aliphatic carbocycles. The van der Waals surface area contributed by atoms with Crippen LogP contribution in [0.25, 0.3) is 5.57 Å². The molecule has 8 heteroatoms. The van der Waals surface area contributed by atoms with Crippen molar-refractivity contribution in [3.63, 3.8) is 0 Å². The Labute approximate surface area is 150 Å². The molecule has 0 unspecified atom stereocenters. The van der Waals surface area contributed by atoms with Crippen LogP contribution >= 0.6 is 0 Å². The Hall–Kier alpha value is -2.45. The molecule has 1 saturated heterocycles. The number of hydrogen-bond acceptors (Lipinski definition) is 7. The fourth-order valence-corrected chi connectivity index (χ4v) is 3.19. The fourth-order valence-electron chi connectivity index (χ4n) is 3.19. The first kappa shape index (κ1) is 18.3. The van der Waals surface area contributed by atoms with Gasteiger partial charge in [-0.15, -0.1) is 0 Å². The number of carbonyl (C=O) groups excluding carboxylic acids is 2. The predicted molar refractivity (Wildman–Crippen MR) is 88.1 cm³/mol. The van der Waals surface area contributed by atoms with Crippen LogP contribution in [0.4, 0.5) is 9.18 Å². The lowest BCUT2D eigenvalue weighted by atomic mass is 9.88. The summed E-state index contributed by atoms with van der Waals surface area (Å²) in [5.74, 6) is -0.929.